The van der Waals surface area contributed by atoms with Crippen molar-refractivity contribution in [1.82, 2.24) is 4.31 Å². The minimum Gasteiger partial charge on any atom is -0.460 e. The van der Waals surface area contributed by atoms with Crippen LogP contribution in [0, 0.1) is 5.92 Å². The van der Waals surface area contributed by atoms with E-state index in [0.717, 1.165) is 9.87 Å². The molecule has 0 bridgehead atoms. The first-order valence-corrected chi connectivity index (χ1v) is 10.2. The molecule has 0 aliphatic heterocycles. The van der Waals surface area contributed by atoms with E-state index in [-0.39, 0.29) is 17.4 Å². The van der Waals surface area contributed by atoms with Gasteiger partial charge in [-0.15, -0.1) is 0 Å². The second-order valence-electron chi connectivity index (χ2n) is 5.86. The summed E-state index contributed by atoms with van der Waals surface area (Å²) in [5.41, 5.74) is 0.973. The Kier molecular flexibility index (Phi) is 8.12. The molecule has 0 fully saturated rings. The van der Waals surface area contributed by atoms with Crippen LogP contribution in [0.2, 0.25) is 0 Å². The van der Waals surface area contributed by atoms with E-state index in [2.05, 4.69) is 22.5 Å². The molecule has 0 aromatic heterocycles. The van der Waals surface area contributed by atoms with Gasteiger partial charge in [0.25, 0.3) is 0 Å². The number of sulfonamides is 1. The summed E-state index contributed by atoms with van der Waals surface area (Å²) in [6, 6.07) is 5.70. The van der Waals surface area contributed by atoms with Crippen LogP contribution < -0.4 is 0 Å². The van der Waals surface area contributed by atoms with Gasteiger partial charge in [0.15, 0.2) is 0 Å². The Morgan fingerprint density at radius 3 is 2.38 bits per heavy atom. The lowest BCUT2D eigenvalue weighted by atomic mass is 10.0. The quantitative estimate of drug-likeness (QED) is 0.351. The zero-order valence-corrected chi connectivity index (χ0v) is 16.6. The lowest BCUT2D eigenvalue weighted by Gasteiger charge is -2.27. The summed E-state index contributed by atoms with van der Waals surface area (Å²) in [6.45, 7) is 7.41. The maximum Gasteiger partial charge on any atom is 0.324 e. The van der Waals surface area contributed by atoms with Crippen molar-refractivity contribution in [2.24, 2.45) is 5.92 Å². The zero-order valence-electron chi connectivity index (χ0n) is 14.2. The predicted molar refractivity (Wildman–Crippen MR) is 98.4 cm³/mol. The lowest BCUT2D eigenvalue weighted by Crippen LogP contribution is -2.44. The molecular weight excluding hydrogens is 394 g/mol. The van der Waals surface area contributed by atoms with E-state index >= 15 is 0 Å². The van der Waals surface area contributed by atoms with Crippen molar-refractivity contribution in [3.8, 4) is 0 Å². The summed E-state index contributed by atoms with van der Waals surface area (Å²) >= 11 is 3.33. The van der Waals surface area contributed by atoms with E-state index in [1.54, 1.807) is 24.3 Å². The molecule has 0 heterocycles. The molecule has 0 amide bonds. The molecule has 0 aliphatic rings. The largest absolute Gasteiger partial charge is 0.460 e. The molecule has 24 heavy (non-hydrogen) atoms. The van der Waals surface area contributed by atoms with Crippen LogP contribution in [-0.2, 0) is 24.9 Å². The standard InChI is InChI=1S/C17H24BrNO4S/c1-5-10-23-17(20)16(11-13(2)3)19(4)24(21,22)15-8-6-14(12-18)7-9-15/h5-9,13,16H,1,10-12H2,2-4H3/t16-/m1/s1. The molecule has 5 nitrogen and oxygen atoms in total. The second kappa shape index (κ2) is 9.34. The Bertz CT molecular complexity index is 656. The van der Waals surface area contributed by atoms with Crippen LogP contribution in [0.15, 0.2) is 41.8 Å². The van der Waals surface area contributed by atoms with E-state index in [9.17, 15) is 13.2 Å². The highest BCUT2D eigenvalue weighted by Crippen LogP contribution is 2.22. The maximum atomic E-state index is 12.8. The van der Waals surface area contributed by atoms with Crippen molar-refractivity contribution in [3.05, 3.63) is 42.5 Å². The van der Waals surface area contributed by atoms with Crippen LogP contribution in [0.5, 0.6) is 0 Å². The third-order valence-electron chi connectivity index (χ3n) is 3.50. The van der Waals surface area contributed by atoms with Crippen molar-refractivity contribution in [2.75, 3.05) is 13.7 Å². The molecule has 0 N–H and O–H groups in total. The highest BCUT2D eigenvalue weighted by atomic mass is 79.9. The Hall–Kier alpha value is -1.18. The van der Waals surface area contributed by atoms with Crippen LogP contribution in [0.4, 0.5) is 0 Å². The summed E-state index contributed by atoms with van der Waals surface area (Å²) in [7, 11) is -2.37. The van der Waals surface area contributed by atoms with Gasteiger partial charge in [0, 0.05) is 12.4 Å². The molecule has 1 aromatic rings. The van der Waals surface area contributed by atoms with Gasteiger partial charge >= 0.3 is 5.97 Å². The number of hydrogen-bond acceptors (Lipinski definition) is 4. The number of ether oxygens (including phenoxy) is 1. The summed E-state index contributed by atoms with van der Waals surface area (Å²) in [5, 5.41) is 0.646. The van der Waals surface area contributed by atoms with Gasteiger partial charge in [0.2, 0.25) is 10.0 Å². The number of nitrogens with zero attached hydrogens (tertiary/aromatic N) is 1. The van der Waals surface area contributed by atoms with Gasteiger partial charge in [0.05, 0.1) is 4.90 Å². The highest BCUT2D eigenvalue weighted by molar-refractivity contribution is 9.08. The molecule has 0 saturated heterocycles. The van der Waals surface area contributed by atoms with Crippen LogP contribution in [-0.4, -0.2) is 38.4 Å². The molecule has 0 unspecified atom stereocenters. The molecule has 0 radical (unpaired) electrons. The molecule has 134 valence electrons. The number of carbonyl (C=O) groups excluding carboxylic acids is 1. The van der Waals surface area contributed by atoms with Crippen molar-refractivity contribution in [1.29, 1.82) is 0 Å². The summed E-state index contributed by atoms with van der Waals surface area (Å²) in [4.78, 5) is 12.4. The number of likely N-dealkylation sites (N-methyl/N-ethyl adjacent to an activating group) is 1. The van der Waals surface area contributed by atoms with Gasteiger partial charge in [-0.2, -0.15) is 4.31 Å². The Labute approximate surface area is 152 Å². The third kappa shape index (κ3) is 5.43. The first-order valence-electron chi connectivity index (χ1n) is 7.64. The number of esters is 1. The maximum absolute atomic E-state index is 12.8. The van der Waals surface area contributed by atoms with Crippen molar-refractivity contribution < 1.29 is 17.9 Å². The average molecular weight is 418 g/mol. The fraction of sp³-hybridized carbons (Fsp3) is 0.471. The first kappa shape index (κ1) is 20.9. The number of rotatable bonds is 9. The molecule has 1 aromatic carbocycles. The zero-order chi connectivity index (χ0) is 18.3. The van der Waals surface area contributed by atoms with Crippen LogP contribution in [0.25, 0.3) is 0 Å². The fourth-order valence-corrected chi connectivity index (χ4v) is 3.85. The van der Waals surface area contributed by atoms with Crippen molar-refractivity contribution in [3.63, 3.8) is 0 Å². The average Bonchev–Trinajstić information content (AvgIpc) is 2.56. The summed E-state index contributed by atoms with van der Waals surface area (Å²) in [6.07, 6.45) is 1.84. The molecule has 0 spiro atoms. The Morgan fingerprint density at radius 2 is 1.92 bits per heavy atom. The van der Waals surface area contributed by atoms with E-state index < -0.39 is 22.0 Å². The molecule has 1 atom stereocenters. The lowest BCUT2D eigenvalue weighted by molar-refractivity contribution is -0.147. The van der Waals surface area contributed by atoms with Gasteiger partial charge in [-0.1, -0.05) is 54.6 Å². The van der Waals surface area contributed by atoms with Crippen LogP contribution in [0.3, 0.4) is 0 Å². The first-order chi connectivity index (χ1) is 11.2. The minimum absolute atomic E-state index is 0.0568. The van der Waals surface area contributed by atoms with Crippen LogP contribution in [0.1, 0.15) is 25.8 Å². The van der Waals surface area contributed by atoms with Gasteiger partial charge < -0.3 is 4.74 Å². The van der Waals surface area contributed by atoms with E-state index in [1.807, 2.05) is 13.8 Å². The number of carbonyl (C=O) groups is 1. The third-order valence-corrected chi connectivity index (χ3v) is 6.03. The van der Waals surface area contributed by atoms with E-state index in [4.69, 9.17) is 4.74 Å². The monoisotopic (exact) mass is 417 g/mol. The Morgan fingerprint density at radius 1 is 1.33 bits per heavy atom. The Balaban J connectivity index is 3.11. The highest BCUT2D eigenvalue weighted by Gasteiger charge is 2.34. The fourth-order valence-electron chi connectivity index (χ4n) is 2.16. The minimum atomic E-state index is -3.79. The molecular formula is C17H24BrNO4S. The number of halogens is 1. The molecule has 1 rings (SSSR count). The molecule has 0 aliphatic carbocycles. The molecule has 0 saturated carbocycles. The van der Waals surface area contributed by atoms with Gasteiger partial charge in [-0.25, -0.2) is 8.42 Å². The molecule has 7 heteroatoms. The van der Waals surface area contributed by atoms with Gasteiger partial charge in [0.1, 0.15) is 12.6 Å². The van der Waals surface area contributed by atoms with Crippen molar-refractivity contribution >= 4 is 31.9 Å². The number of alkyl halides is 1. The SMILES string of the molecule is C=CCOC(=O)[C@@H](CC(C)C)N(C)S(=O)(=O)c1ccc(CBr)cc1. The topological polar surface area (TPSA) is 63.7 Å². The number of hydrogen-bond donors (Lipinski definition) is 0. The van der Waals surface area contributed by atoms with Crippen LogP contribution >= 0.6 is 15.9 Å². The van der Waals surface area contributed by atoms with Gasteiger partial charge in [-0.05, 0) is 30.0 Å². The number of benzene rings is 1. The predicted octanol–water partition coefficient (Wildman–Crippen LogP) is 3.35. The van der Waals surface area contributed by atoms with Crippen molar-refractivity contribution in [2.45, 2.75) is 36.5 Å². The normalized spacial score (nSPS) is 13.1. The van der Waals surface area contributed by atoms with E-state index in [1.165, 1.54) is 13.1 Å². The van der Waals surface area contributed by atoms with E-state index in [0.29, 0.717) is 11.8 Å². The summed E-state index contributed by atoms with van der Waals surface area (Å²) < 4.78 is 31.8. The smallest absolute Gasteiger partial charge is 0.324 e. The van der Waals surface area contributed by atoms with Gasteiger partial charge in [-0.3, -0.25) is 4.79 Å². The summed E-state index contributed by atoms with van der Waals surface area (Å²) in [5.74, 6) is -0.425. The second-order valence-corrected chi connectivity index (χ2v) is 8.42.